The summed E-state index contributed by atoms with van der Waals surface area (Å²) >= 11 is 6.03. The molecular weight excluding hydrogens is 342 g/mol. The Balaban J connectivity index is 1.80. The number of hydrogen-bond acceptors (Lipinski definition) is 7. The van der Waals surface area contributed by atoms with E-state index >= 15 is 0 Å². The van der Waals surface area contributed by atoms with Crippen molar-refractivity contribution in [1.29, 1.82) is 0 Å². The van der Waals surface area contributed by atoms with Gasteiger partial charge in [0, 0.05) is 16.1 Å². The number of rotatable bonds is 5. The van der Waals surface area contributed by atoms with E-state index in [2.05, 4.69) is 25.7 Å². The summed E-state index contributed by atoms with van der Waals surface area (Å²) in [6.07, 6.45) is 3.00. The van der Waals surface area contributed by atoms with Gasteiger partial charge in [-0.05, 0) is 30.3 Å². The molecule has 3 rings (SSSR count). The number of aromatic hydroxyl groups is 1. The number of hydrazone groups is 1. The van der Waals surface area contributed by atoms with Gasteiger partial charge in [0.2, 0.25) is 0 Å². The second-order valence-corrected chi connectivity index (χ2v) is 5.35. The van der Waals surface area contributed by atoms with Gasteiger partial charge in [-0.1, -0.05) is 23.7 Å². The number of anilines is 1. The van der Waals surface area contributed by atoms with Crippen LogP contribution in [0, 0.1) is 0 Å². The number of hydrogen-bond donors (Lipinski definition) is 2. The Labute approximate surface area is 149 Å². The number of aromatic nitrogens is 3. The normalized spacial score (nSPS) is 10.8. The minimum atomic E-state index is 0.0990. The van der Waals surface area contributed by atoms with E-state index in [-0.39, 0.29) is 11.7 Å². The number of para-hydroxylation sites is 1. The van der Waals surface area contributed by atoms with Crippen molar-refractivity contribution < 1.29 is 9.84 Å². The van der Waals surface area contributed by atoms with Crippen LogP contribution >= 0.6 is 11.6 Å². The van der Waals surface area contributed by atoms with E-state index in [1.807, 2.05) is 24.3 Å². The summed E-state index contributed by atoms with van der Waals surface area (Å²) in [7, 11) is 1.59. The first-order valence-corrected chi connectivity index (χ1v) is 7.66. The molecule has 0 aliphatic heterocycles. The zero-order valence-corrected chi connectivity index (χ0v) is 14.0. The number of benzene rings is 2. The van der Waals surface area contributed by atoms with Gasteiger partial charge < -0.3 is 9.84 Å². The highest BCUT2D eigenvalue weighted by molar-refractivity contribution is 6.33. The standard InChI is InChI=1S/C17H14ClN5O2/c1-25-16-5-3-2-4-13(16)15-10-20-23-17(21-15)22-19-9-11-8-12(24)6-7-14(11)18/h2-10,24H,1H3,(H,21,22,23)/b19-9+. The zero-order chi connectivity index (χ0) is 17.6. The second-order valence-electron chi connectivity index (χ2n) is 4.94. The Bertz CT molecular complexity index is 917. The van der Waals surface area contributed by atoms with Crippen molar-refractivity contribution >= 4 is 23.8 Å². The Hall–Kier alpha value is -3.19. The van der Waals surface area contributed by atoms with Crippen molar-refractivity contribution in [2.24, 2.45) is 5.10 Å². The summed E-state index contributed by atoms with van der Waals surface area (Å²) in [5.74, 6) is 1.00. The quantitative estimate of drug-likeness (QED) is 0.538. The predicted octanol–water partition coefficient (Wildman–Crippen LogP) is 3.35. The van der Waals surface area contributed by atoms with Crippen LogP contribution in [0.1, 0.15) is 5.56 Å². The molecule has 3 aromatic rings. The van der Waals surface area contributed by atoms with Crippen LogP contribution in [0.25, 0.3) is 11.3 Å². The van der Waals surface area contributed by atoms with Crippen molar-refractivity contribution in [3.63, 3.8) is 0 Å². The van der Waals surface area contributed by atoms with Gasteiger partial charge >= 0.3 is 0 Å². The molecule has 126 valence electrons. The molecule has 7 nitrogen and oxygen atoms in total. The van der Waals surface area contributed by atoms with E-state index in [1.165, 1.54) is 18.3 Å². The molecule has 1 heterocycles. The predicted molar refractivity (Wildman–Crippen MR) is 96.1 cm³/mol. The van der Waals surface area contributed by atoms with E-state index < -0.39 is 0 Å². The molecule has 0 aliphatic carbocycles. The van der Waals surface area contributed by atoms with Crippen LogP contribution in [0.15, 0.2) is 53.8 Å². The summed E-state index contributed by atoms with van der Waals surface area (Å²) in [5.41, 5.74) is 4.64. The molecular formula is C17H14ClN5O2. The maximum atomic E-state index is 9.48. The Morgan fingerprint density at radius 2 is 2.08 bits per heavy atom. The van der Waals surface area contributed by atoms with Crippen LogP contribution in [0.3, 0.4) is 0 Å². The molecule has 2 N–H and O–H groups in total. The number of nitrogens with one attached hydrogen (secondary N) is 1. The lowest BCUT2D eigenvalue weighted by atomic mass is 10.1. The van der Waals surface area contributed by atoms with E-state index in [0.717, 1.165) is 5.56 Å². The minimum absolute atomic E-state index is 0.0990. The summed E-state index contributed by atoms with van der Waals surface area (Å²) in [6, 6.07) is 12.1. The molecule has 0 saturated carbocycles. The monoisotopic (exact) mass is 355 g/mol. The summed E-state index contributed by atoms with van der Waals surface area (Å²) in [6.45, 7) is 0. The SMILES string of the molecule is COc1ccccc1-c1cnnc(N/N=C/c2cc(O)ccc2Cl)n1. The second kappa shape index (κ2) is 7.59. The zero-order valence-electron chi connectivity index (χ0n) is 13.2. The molecule has 0 atom stereocenters. The van der Waals surface area contributed by atoms with Crippen LogP contribution in [-0.2, 0) is 0 Å². The summed E-state index contributed by atoms with van der Waals surface area (Å²) in [5, 5.41) is 21.8. The molecule has 25 heavy (non-hydrogen) atoms. The number of halogens is 1. The lowest BCUT2D eigenvalue weighted by molar-refractivity contribution is 0.416. The lowest BCUT2D eigenvalue weighted by Crippen LogP contribution is -2.00. The first-order valence-electron chi connectivity index (χ1n) is 7.28. The van der Waals surface area contributed by atoms with Gasteiger partial charge in [0.1, 0.15) is 11.5 Å². The van der Waals surface area contributed by atoms with Crippen LogP contribution in [-0.4, -0.2) is 33.6 Å². The molecule has 8 heteroatoms. The van der Waals surface area contributed by atoms with Gasteiger partial charge in [-0.25, -0.2) is 10.4 Å². The van der Waals surface area contributed by atoms with Gasteiger partial charge in [0.15, 0.2) is 0 Å². The molecule has 2 aromatic carbocycles. The third-order valence-corrected chi connectivity index (χ3v) is 3.63. The Kier molecular flexibility index (Phi) is 5.06. The third kappa shape index (κ3) is 4.02. The number of nitrogens with zero attached hydrogens (tertiary/aromatic N) is 4. The molecule has 0 fully saturated rings. The highest BCUT2D eigenvalue weighted by Crippen LogP contribution is 2.27. The maximum Gasteiger partial charge on any atom is 0.263 e. The first-order chi connectivity index (χ1) is 12.2. The highest BCUT2D eigenvalue weighted by atomic mass is 35.5. The first kappa shape index (κ1) is 16.7. The smallest absolute Gasteiger partial charge is 0.263 e. The molecule has 0 spiro atoms. The average Bonchev–Trinajstić information content (AvgIpc) is 2.65. The highest BCUT2D eigenvalue weighted by Gasteiger charge is 2.08. The Morgan fingerprint density at radius 3 is 2.92 bits per heavy atom. The van der Waals surface area contributed by atoms with Gasteiger partial charge in [0.05, 0.1) is 25.2 Å². The fourth-order valence-electron chi connectivity index (χ4n) is 2.13. The van der Waals surface area contributed by atoms with E-state index in [1.54, 1.807) is 19.4 Å². The molecule has 0 radical (unpaired) electrons. The third-order valence-electron chi connectivity index (χ3n) is 3.29. The largest absolute Gasteiger partial charge is 0.508 e. The van der Waals surface area contributed by atoms with Crippen molar-refractivity contribution in [2.75, 3.05) is 12.5 Å². The molecule has 0 amide bonds. The van der Waals surface area contributed by atoms with Gasteiger partial charge in [-0.2, -0.15) is 10.2 Å². The number of methoxy groups -OCH3 is 1. The lowest BCUT2D eigenvalue weighted by Gasteiger charge is -2.07. The molecule has 0 unspecified atom stereocenters. The maximum absolute atomic E-state index is 9.48. The number of phenolic OH excluding ortho intramolecular Hbond substituents is 1. The average molecular weight is 356 g/mol. The van der Waals surface area contributed by atoms with E-state index in [9.17, 15) is 5.11 Å². The number of phenols is 1. The van der Waals surface area contributed by atoms with Gasteiger partial charge in [-0.3, -0.25) is 0 Å². The van der Waals surface area contributed by atoms with Crippen LogP contribution in [0.4, 0.5) is 5.95 Å². The van der Waals surface area contributed by atoms with Gasteiger partial charge in [-0.15, -0.1) is 5.10 Å². The fourth-order valence-corrected chi connectivity index (χ4v) is 2.29. The van der Waals surface area contributed by atoms with E-state index in [4.69, 9.17) is 16.3 Å². The number of ether oxygens (including phenoxy) is 1. The molecule has 0 saturated heterocycles. The van der Waals surface area contributed by atoms with Gasteiger partial charge in [0.25, 0.3) is 5.95 Å². The molecule has 1 aromatic heterocycles. The Morgan fingerprint density at radius 1 is 1.24 bits per heavy atom. The van der Waals surface area contributed by atoms with Crippen LogP contribution in [0.5, 0.6) is 11.5 Å². The van der Waals surface area contributed by atoms with Crippen molar-refractivity contribution in [1.82, 2.24) is 15.2 Å². The summed E-state index contributed by atoms with van der Waals surface area (Å²) in [4.78, 5) is 4.36. The van der Waals surface area contributed by atoms with E-state index in [0.29, 0.717) is 22.0 Å². The fraction of sp³-hybridized carbons (Fsp3) is 0.0588. The van der Waals surface area contributed by atoms with Crippen molar-refractivity contribution in [3.05, 3.63) is 59.2 Å². The summed E-state index contributed by atoms with van der Waals surface area (Å²) < 4.78 is 5.33. The molecule has 0 aliphatic rings. The van der Waals surface area contributed by atoms with Crippen LogP contribution in [0.2, 0.25) is 5.02 Å². The van der Waals surface area contributed by atoms with Crippen molar-refractivity contribution in [3.8, 4) is 22.8 Å². The topological polar surface area (TPSA) is 92.5 Å². The van der Waals surface area contributed by atoms with Crippen molar-refractivity contribution in [2.45, 2.75) is 0 Å². The molecule has 0 bridgehead atoms. The van der Waals surface area contributed by atoms with Crippen LogP contribution < -0.4 is 10.2 Å². The minimum Gasteiger partial charge on any atom is -0.508 e.